The lowest BCUT2D eigenvalue weighted by atomic mass is 10.00. The summed E-state index contributed by atoms with van der Waals surface area (Å²) in [5.74, 6) is 0.960. The fourth-order valence-corrected chi connectivity index (χ4v) is 6.15. The van der Waals surface area contributed by atoms with Crippen molar-refractivity contribution in [2.45, 2.75) is 49.5 Å². The number of sulfonamides is 1. The molecule has 0 aliphatic carbocycles. The van der Waals surface area contributed by atoms with E-state index in [4.69, 9.17) is 9.47 Å². The number of carbonyl (C=O) groups is 1. The maximum Gasteiger partial charge on any atom is 0.243 e. The van der Waals surface area contributed by atoms with Crippen LogP contribution >= 0.6 is 0 Å². The highest BCUT2D eigenvalue weighted by molar-refractivity contribution is 7.89. The Morgan fingerprint density at radius 3 is 2.35 bits per heavy atom. The van der Waals surface area contributed by atoms with Gasteiger partial charge in [-0.15, -0.1) is 0 Å². The molecule has 2 aliphatic rings. The molecule has 2 aromatic carbocycles. The molecule has 2 heterocycles. The molecule has 0 bridgehead atoms. The van der Waals surface area contributed by atoms with E-state index in [0.717, 1.165) is 49.1 Å². The van der Waals surface area contributed by atoms with Gasteiger partial charge in [0, 0.05) is 26.1 Å². The van der Waals surface area contributed by atoms with Gasteiger partial charge in [0.1, 0.15) is 5.75 Å². The molecule has 34 heavy (non-hydrogen) atoms. The van der Waals surface area contributed by atoms with Gasteiger partial charge in [-0.2, -0.15) is 4.31 Å². The number of nitrogens with zero attached hydrogens (tertiary/aromatic N) is 2. The van der Waals surface area contributed by atoms with Crippen LogP contribution in [0.5, 0.6) is 5.75 Å². The predicted octanol–water partition coefficient (Wildman–Crippen LogP) is 3.79. The molecule has 0 radical (unpaired) electrons. The second-order valence-corrected chi connectivity index (χ2v) is 10.8. The third-order valence-corrected chi connectivity index (χ3v) is 8.65. The molecule has 0 N–H and O–H groups in total. The summed E-state index contributed by atoms with van der Waals surface area (Å²) < 4.78 is 37.6. The first-order valence-corrected chi connectivity index (χ1v) is 13.5. The minimum Gasteiger partial charge on any atom is -0.497 e. The Bertz CT molecular complexity index is 1050. The number of hydrogen-bond acceptors (Lipinski definition) is 5. The normalized spacial score (nSPS) is 20.0. The minimum absolute atomic E-state index is 0.0851. The number of benzene rings is 2. The predicted molar refractivity (Wildman–Crippen MR) is 130 cm³/mol. The summed E-state index contributed by atoms with van der Waals surface area (Å²) in [6.07, 6.45) is 5.22. The highest BCUT2D eigenvalue weighted by atomic mass is 32.2. The summed E-state index contributed by atoms with van der Waals surface area (Å²) in [7, 11) is -1.85. The zero-order valence-electron chi connectivity index (χ0n) is 19.8. The Labute approximate surface area is 202 Å². The first-order chi connectivity index (χ1) is 16.5. The third kappa shape index (κ3) is 5.79. The Balaban J connectivity index is 1.40. The zero-order chi connectivity index (χ0) is 24.0. The van der Waals surface area contributed by atoms with E-state index < -0.39 is 10.0 Å². The van der Waals surface area contributed by atoms with E-state index in [9.17, 15) is 13.2 Å². The van der Waals surface area contributed by atoms with Crippen LogP contribution in [0.15, 0.2) is 53.4 Å². The van der Waals surface area contributed by atoms with Crippen molar-refractivity contribution in [1.29, 1.82) is 0 Å². The van der Waals surface area contributed by atoms with E-state index in [-0.39, 0.29) is 16.8 Å². The summed E-state index contributed by atoms with van der Waals surface area (Å²) >= 11 is 0. The van der Waals surface area contributed by atoms with Crippen LogP contribution in [-0.4, -0.2) is 63.5 Å². The number of amides is 1. The number of likely N-dealkylation sites (tertiary alicyclic amines) is 1. The lowest BCUT2D eigenvalue weighted by Crippen LogP contribution is -2.40. The summed E-state index contributed by atoms with van der Waals surface area (Å²) in [6, 6.07) is 15.1. The Hall–Kier alpha value is -2.42. The van der Waals surface area contributed by atoms with Crippen LogP contribution in [0.25, 0.3) is 0 Å². The molecule has 2 fully saturated rings. The molecule has 2 aliphatic heterocycles. The van der Waals surface area contributed by atoms with Gasteiger partial charge in [-0.05, 0) is 54.7 Å². The molecule has 2 saturated heterocycles. The van der Waals surface area contributed by atoms with Crippen LogP contribution < -0.4 is 4.74 Å². The van der Waals surface area contributed by atoms with E-state index >= 15 is 0 Å². The average Bonchev–Trinajstić information content (AvgIpc) is 3.14. The molecule has 1 amide bonds. The molecule has 1 atom stereocenters. The number of morpholine rings is 1. The second kappa shape index (κ2) is 11.3. The molecule has 0 unspecified atom stereocenters. The van der Waals surface area contributed by atoms with Crippen LogP contribution in [0.1, 0.15) is 49.3 Å². The van der Waals surface area contributed by atoms with Crippen LogP contribution in [0, 0.1) is 0 Å². The minimum atomic E-state index is -3.51. The van der Waals surface area contributed by atoms with Gasteiger partial charge in [0.25, 0.3) is 0 Å². The van der Waals surface area contributed by atoms with Gasteiger partial charge in [0.2, 0.25) is 15.9 Å². The quantitative estimate of drug-likeness (QED) is 0.595. The lowest BCUT2D eigenvalue weighted by molar-refractivity contribution is -0.133. The third-order valence-electron chi connectivity index (χ3n) is 6.73. The summed E-state index contributed by atoms with van der Waals surface area (Å²) in [5, 5.41) is 0. The van der Waals surface area contributed by atoms with Crippen molar-refractivity contribution >= 4 is 15.9 Å². The maximum atomic E-state index is 13.3. The summed E-state index contributed by atoms with van der Waals surface area (Å²) in [6.45, 7) is 2.38. The standard InChI is InChI=1S/C26H34N2O5S/c1-32-23-11-9-22(10-12-23)25-5-3-2-4-16-28(25)26(29)15-8-21-6-13-24(14-7-21)34(30,31)27-17-19-33-20-18-27/h6-7,9-14,25H,2-5,8,15-20H2,1H3/t25-/m0/s1. The monoisotopic (exact) mass is 486 g/mol. The van der Waals surface area contributed by atoms with Crippen molar-refractivity contribution in [3.63, 3.8) is 0 Å². The van der Waals surface area contributed by atoms with E-state index in [1.807, 2.05) is 29.2 Å². The number of rotatable bonds is 7. The molecular weight excluding hydrogens is 452 g/mol. The SMILES string of the molecule is COc1ccc([C@@H]2CCCCCN2C(=O)CCc2ccc(S(=O)(=O)N3CCOCC3)cc2)cc1. The van der Waals surface area contributed by atoms with Crippen molar-refractivity contribution in [2.24, 2.45) is 0 Å². The van der Waals surface area contributed by atoms with Crippen molar-refractivity contribution in [2.75, 3.05) is 40.0 Å². The zero-order valence-corrected chi connectivity index (χ0v) is 20.6. The molecule has 0 aromatic heterocycles. The van der Waals surface area contributed by atoms with Gasteiger partial charge in [0.15, 0.2) is 0 Å². The van der Waals surface area contributed by atoms with E-state index in [2.05, 4.69) is 12.1 Å². The van der Waals surface area contributed by atoms with Crippen LogP contribution in [0.3, 0.4) is 0 Å². The first-order valence-electron chi connectivity index (χ1n) is 12.1. The van der Waals surface area contributed by atoms with Crippen LogP contribution in [0.4, 0.5) is 0 Å². The highest BCUT2D eigenvalue weighted by Gasteiger charge is 2.28. The second-order valence-electron chi connectivity index (χ2n) is 8.89. The molecule has 0 saturated carbocycles. The summed E-state index contributed by atoms with van der Waals surface area (Å²) in [5.41, 5.74) is 2.11. The Morgan fingerprint density at radius 1 is 0.971 bits per heavy atom. The van der Waals surface area contributed by atoms with Crippen molar-refractivity contribution in [3.8, 4) is 5.75 Å². The van der Waals surface area contributed by atoms with Gasteiger partial charge in [0.05, 0.1) is 31.3 Å². The topological polar surface area (TPSA) is 76.2 Å². The van der Waals surface area contributed by atoms with Gasteiger partial charge >= 0.3 is 0 Å². The van der Waals surface area contributed by atoms with Gasteiger partial charge in [-0.3, -0.25) is 4.79 Å². The summed E-state index contributed by atoms with van der Waals surface area (Å²) in [4.78, 5) is 15.6. The van der Waals surface area contributed by atoms with Crippen molar-refractivity contribution in [3.05, 3.63) is 59.7 Å². The smallest absolute Gasteiger partial charge is 0.243 e. The fraction of sp³-hybridized carbons (Fsp3) is 0.500. The van der Waals surface area contributed by atoms with E-state index in [1.54, 1.807) is 19.2 Å². The molecular formula is C26H34N2O5S. The Morgan fingerprint density at radius 2 is 1.68 bits per heavy atom. The largest absolute Gasteiger partial charge is 0.497 e. The first kappa shape index (κ1) is 24.7. The van der Waals surface area contributed by atoms with Gasteiger partial charge in [-0.25, -0.2) is 8.42 Å². The van der Waals surface area contributed by atoms with E-state index in [1.165, 1.54) is 4.31 Å². The van der Waals surface area contributed by atoms with Crippen LogP contribution in [-0.2, 0) is 26.0 Å². The number of carbonyl (C=O) groups excluding carboxylic acids is 1. The van der Waals surface area contributed by atoms with Crippen molar-refractivity contribution < 1.29 is 22.7 Å². The maximum absolute atomic E-state index is 13.3. The number of hydrogen-bond donors (Lipinski definition) is 0. The molecule has 184 valence electrons. The Kier molecular flexibility index (Phi) is 8.24. The van der Waals surface area contributed by atoms with E-state index in [0.29, 0.717) is 39.1 Å². The molecule has 4 rings (SSSR count). The molecule has 0 spiro atoms. The fourth-order valence-electron chi connectivity index (χ4n) is 4.74. The molecule has 7 nitrogen and oxygen atoms in total. The van der Waals surface area contributed by atoms with Gasteiger partial charge in [-0.1, -0.05) is 37.1 Å². The number of ether oxygens (including phenoxy) is 2. The van der Waals surface area contributed by atoms with Crippen molar-refractivity contribution in [1.82, 2.24) is 9.21 Å². The molecule has 2 aromatic rings. The average molecular weight is 487 g/mol. The highest BCUT2D eigenvalue weighted by Crippen LogP contribution is 2.32. The van der Waals surface area contributed by atoms with Gasteiger partial charge < -0.3 is 14.4 Å². The molecule has 8 heteroatoms. The van der Waals surface area contributed by atoms with Crippen LogP contribution in [0.2, 0.25) is 0 Å². The number of aryl methyl sites for hydroxylation is 1. The lowest BCUT2D eigenvalue weighted by Gasteiger charge is -2.31. The number of methoxy groups -OCH3 is 1.